The maximum absolute atomic E-state index is 12.4. The predicted molar refractivity (Wildman–Crippen MR) is 111 cm³/mol. The summed E-state index contributed by atoms with van der Waals surface area (Å²) in [6.07, 6.45) is 1.48. The van der Waals surface area contributed by atoms with Crippen molar-refractivity contribution in [3.63, 3.8) is 0 Å². The zero-order valence-electron chi connectivity index (χ0n) is 15.0. The minimum atomic E-state index is -0.526. The molecule has 0 saturated carbocycles. The van der Waals surface area contributed by atoms with E-state index in [-0.39, 0.29) is 11.5 Å². The summed E-state index contributed by atoms with van der Waals surface area (Å²) in [5.74, 6) is -0.693. The summed E-state index contributed by atoms with van der Waals surface area (Å²) >= 11 is 1.29. The molecule has 0 aliphatic heterocycles. The summed E-state index contributed by atoms with van der Waals surface area (Å²) in [7, 11) is 0. The number of carbonyl (C=O) groups excluding carboxylic acids is 2. The predicted octanol–water partition coefficient (Wildman–Crippen LogP) is 4.31. The Bertz CT molecular complexity index is 1060. The molecular weight excluding hydrogens is 372 g/mol. The van der Waals surface area contributed by atoms with Gasteiger partial charge in [-0.2, -0.15) is 5.26 Å². The van der Waals surface area contributed by atoms with Gasteiger partial charge in [-0.1, -0.05) is 42.5 Å². The van der Waals surface area contributed by atoms with Gasteiger partial charge in [0.25, 0.3) is 5.91 Å². The highest BCUT2D eigenvalue weighted by atomic mass is 32.1. The molecule has 1 heterocycles. The Labute approximate surface area is 166 Å². The first-order valence-corrected chi connectivity index (χ1v) is 9.25. The molecule has 0 aliphatic carbocycles. The molecule has 0 saturated heterocycles. The largest absolute Gasteiger partial charge is 0.326 e. The van der Waals surface area contributed by atoms with Crippen LogP contribution in [0.4, 0.5) is 10.8 Å². The van der Waals surface area contributed by atoms with E-state index in [4.69, 9.17) is 0 Å². The fourth-order valence-electron chi connectivity index (χ4n) is 2.42. The molecule has 6 nitrogen and oxygen atoms in total. The lowest BCUT2D eigenvalue weighted by Crippen LogP contribution is -2.13. The summed E-state index contributed by atoms with van der Waals surface area (Å²) in [6, 6.07) is 18.4. The molecule has 2 aromatic carbocycles. The van der Waals surface area contributed by atoms with Crippen LogP contribution in [0.5, 0.6) is 0 Å². The van der Waals surface area contributed by atoms with Crippen molar-refractivity contribution in [1.29, 1.82) is 5.26 Å². The quantitative estimate of drug-likeness (QED) is 0.503. The van der Waals surface area contributed by atoms with E-state index in [2.05, 4.69) is 15.6 Å². The second kappa shape index (κ2) is 8.75. The van der Waals surface area contributed by atoms with Gasteiger partial charge in [-0.05, 0) is 23.8 Å². The van der Waals surface area contributed by atoms with E-state index in [0.717, 1.165) is 11.3 Å². The van der Waals surface area contributed by atoms with Gasteiger partial charge in [-0.15, -0.1) is 11.3 Å². The molecule has 3 rings (SSSR count). The van der Waals surface area contributed by atoms with Gasteiger partial charge in [0, 0.05) is 23.6 Å². The Morgan fingerprint density at radius 3 is 2.43 bits per heavy atom. The van der Waals surface area contributed by atoms with E-state index in [1.165, 1.54) is 24.3 Å². The second-order valence-corrected chi connectivity index (χ2v) is 6.69. The molecule has 0 bridgehead atoms. The Morgan fingerprint density at radius 1 is 1.07 bits per heavy atom. The molecule has 0 radical (unpaired) electrons. The highest BCUT2D eigenvalue weighted by Crippen LogP contribution is 2.25. The number of thiazole rings is 1. The fourth-order valence-corrected chi connectivity index (χ4v) is 3.13. The molecule has 7 heteroatoms. The number of rotatable bonds is 5. The summed E-state index contributed by atoms with van der Waals surface area (Å²) in [6.45, 7) is 1.42. The summed E-state index contributed by atoms with van der Waals surface area (Å²) in [5, 5.41) is 16.9. The third-order valence-electron chi connectivity index (χ3n) is 3.70. The number of hydrogen-bond acceptors (Lipinski definition) is 5. The number of anilines is 2. The van der Waals surface area contributed by atoms with Crippen LogP contribution >= 0.6 is 11.3 Å². The first-order valence-electron chi connectivity index (χ1n) is 8.37. The molecule has 0 atom stereocenters. The SMILES string of the molecule is CC(=O)Nc1ccc(/C=C(\C#N)C(=O)Nc2nc(-c3ccccc3)cs2)cc1. The minimum absolute atomic E-state index is 0.0382. The zero-order valence-corrected chi connectivity index (χ0v) is 15.8. The van der Waals surface area contributed by atoms with Crippen LogP contribution in [0.3, 0.4) is 0 Å². The second-order valence-electron chi connectivity index (χ2n) is 5.83. The fraction of sp³-hybridized carbons (Fsp3) is 0.0476. The highest BCUT2D eigenvalue weighted by molar-refractivity contribution is 7.14. The number of carbonyl (C=O) groups is 2. The van der Waals surface area contributed by atoms with Crippen molar-refractivity contribution in [2.75, 3.05) is 10.6 Å². The van der Waals surface area contributed by atoms with Crippen LogP contribution in [0.15, 0.2) is 65.6 Å². The van der Waals surface area contributed by atoms with Crippen LogP contribution in [0.25, 0.3) is 17.3 Å². The van der Waals surface area contributed by atoms with Gasteiger partial charge in [0.15, 0.2) is 5.13 Å². The minimum Gasteiger partial charge on any atom is -0.326 e. The van der Waals surface area contributed by atoms with Gasteiger partial charge in [-0.3, -0.25) is 14.9 Å². The standard InChI is InChI=1S/C21H16N4O2S/c1-14(26)23-18-9-7-15(8-10-18)11-17(12-22)20(27)25-21-24-19(13-28-21)16-5-3-2-4-6-16/h2-11,13H,1H3,(H,23,26)(H,24,25,27)/b17-11+. The van der Waals surface area contributed by atoms with Crippen LogP contribution < -0.4 is 10.6 Å². The topological polar surface area (TPSA) is 94.9 Å². The van der Waals surface area contributed by atoms with E-state index in [0.29, 0.717) is 16.4 Å². The first kappa shape index (κ1) is 19.0. The van der Waals surface area contributed by atoms with Crippen molar-refractivity contribution in [2.24, 2.45) is 0 Å². The number of amides is 2. The lowest BCUT2D eigenvalue weighted by Gasteiger charge is -2.03. The Balaban J connectivity index is 1.72. The van der Waals surface area contributed by atoms with Gasteiger partial charge < -0.3 is 5.32 Å². The molecule has 0 unspecified atom stereocenters. The van der Waals surface area contributed by atoms with E-state index in [9.17, 15) is 14.9 Å². The number of nitrogens with zero attached hydrogens (tertiary/aromatic N) is 2. The molecule has 0 fully saturated rings. The van der Waals surface area contributed by atoms with Crippen LogP contribution in [0.2, 0.25) is 0 Å². The van der Waals surface area contributed by atoms with Crippen LogP contribution in [0, 0.1) is 11.3 Å². The van der Waals surface area contributed by atoms with E-state index in [1.807, 2.05) is 41.8 Å². The molecule has 28 heavy (non-hydrogen) atoms. The maximum atomic E-state index is 12.4. The molecule has 3 aromatic rings. The average Bonchev–Trinajstić information content (AvgIpc) is 3.16. The van der Waals surface area contributed by atoms with Crippen molar-refractivity contribution in [2.45, 2.75) is 6.92 Å². The lowest BCUT2D eigenvalue weighted by atomic mass is 10.1. The van der Waals surface area contributed by atoms with Gasteiger partial charge in [-0.25, -0.2) is 4.98 Å². The van der Waals surface area contributed by atoms with Crippen molar-refractivity contribution in [3.8, 4) is 17.3 Å². The number of aromatic nitrogens is 1. The molecular formula is C21H16N4O2S. The van der Waals surface area contributed by atoms with E-state index in [1.54, 1.807) is 24.3 Å². The van der Waals surface area contributed by atoms with Gasteiger partial charge in [0.2, 0.25) is 5.91 Å². The molecule has 0 spiro atoms. The normalized spacial score (nSPS) is 10.8. The third kappa shape index (κ3) is 4.90. The van der Waals surface area contributed by atoms with Crippen LogP contribution in [-0.2, 0) is 9.59 Å². The van der Waals surface area contributed by atoms with Gasteiger partial charge >= 0.3 is 0 Å². The Hall–Kier alpha value is -3.76. The van der Waals surface area contributed by atoms with Crippen LogP contribution in [0.1, 0.15) is 12.5 Å². The Morgan fingerprint density at radius 2 is 1.79 bits per heavy atom. The maximum Gasteiger partial charge on any atom is 0.268 e. The summed E-state index contributed by atoms with van der Waals surface area (Å²) < 4.78 is 0. The first-order chi connectivity index (χ1) is 13.5. The highest BCUT2D eigenvalue weighted by Gasteiger charge is 2.12. The summed E-state index contributed by atoms with van der Waals surface area (Å²) in [5.41, 5.74) is 2.99. The van der Waals surface area contributed by atoms with Crippen molar-refractivity contribution in [3.05, 3.63) is 71.1 Å². The number of nitrogens with one attached hydrogen (secondary N) is 2. The molecule has 2 amide bonds. The number of benzene rings is 2. The van der Waals surface area contributed by atoms with Crippen molar-refractivity contribution < 1.29 is 9.59 Å². The molecule has 138 valence electrons. The van der Waals surface area contributed by atoms with Gasteiger partial charge in [0.05, 0.1) is 5.69 Å². The van der Waals surface area contributed by atoms with Crippen LogP contribution in [-0.4, -0.2) is 16.8 Å². The molecule has 2 N–H and O–H groups in total. The summed E-state index contributed by atoms with van der Waals surface area (Å²) in [4.78, 5) is 27.9. The van der Waals surface area contributed by atoms with Gasteiger partial charge in [0.1, 0.15) is 11.6 Å². The molecule has 0 aliphatic rings. The average molecular weight is 388 g/mol. The Kier molecular flexibility index (Phi) is 5.94. The third-order valence-corrected chi connectivity index (χ3v) is 4.46. The smallest absolute Gasteiger partial charge is 0.268 e. The monoisotopic (exact) mass is 388 g/mol. The van der Waals surface area contributed by atoms with E-state index < -0.39 is 5.91 Å². The lowest BCUT2D eigenvalue weighted by molar-refractivity contribution is -0.114. The van der Waals surface area contributed by atoms with E-state index >= 15 is 0 Å². The number of hydrogen-bond donors (Lipinski definition) is 2. The molecule has 1 aromatic heterocycles. The number of nitriles is 1. The zero-order chi connectivity index (χ0) is 19.9. The van der Waals surface area contributed by atoms with Crippen molar-refractivity contribution in [1.82, 2.24) is 4.98 Å². The van der Waals surface area contributed by atoms with Crippen molar-refractivity contribution >= 4 is 40.0 Å².